The molecule has 1 aliphatic carbocycles. The molecule has 0 N–H and O–H groups in total. The number of allylic oxidation sites excluding steroid dienone is 2. The van der Waals surface area contributed by atoms with Gasteiger partial charge in [-0.3, -0.25) is 0 Å². The highest BCUT2D eigenvalue weighted by Crippen LogP contribution is 2.36. The maximum atomic E-state index is 13.0. The Kier molecular flexibility index (Phi) is 2.09. The van der Waals surface area contributed by atoms with Crippen molar-refractivity contribution in [1.82, 2.24) is 0 Å². The lowest BCUT2D eigenvalue weighted by atomic mass is 9.80. The standard InChI is InChI=1S/C12H10FN/c13-11-5-3-4-10(8-11)12(9-14)6-1-2-7-12/h1-5,8H,6-7H2. The van der Waals surface area contributed by atoms with E-state index in [1.165, 1.54) is 12.1 Å². The van der Waals surface area contributed by atoms with Gasteiger partial charge in [-0.25, -0.2) is 4.39 Å². The van der Waals surface area contributed by atoms with Crippen LogP contribution in [-0.2, 0) is 5.41 Å². The monoisotopic (exact) mass is 187 g/mol. The van der Waals surface area contributed by atoms with E-state index in [9.17, 15) is 4.39 Å². The molecule has 2 rings (SSSR count). The predicted molar refractivity (Wildman–Crippen MR) is 52.1 cm³/mol. The van der Waals surface area contributed by atoms with Gasteiger partial charge in [-0.1, -0.05) is 24.3 Å². The molecule has 14 heavy (non-hydrogen) atoms. The molecule has 0 saturated heterocycles. The van der Waals surface area contributed by atoms with Crippen LogP contribution in [0.1, 0.15) is 18.4 Å². The lowest BCUT2D eigenvalue weighted by molar-refractivity contribution is 0.578. The summed E-state index contributed by atoms with van der Waals surface area (Å²) in [6.45, 7) is 0. The summed E-state index contributed by atoms with van der Waals surface area (Å²) in [5, 5.41) is 9.15. The minimum atomic E-state index is -0.526. The van der Waals surface area contributed by atoms with Crippen molar-refractivity contribution >= 4 is 0 Å². The molecule has 0 spiro atoms. The number of hydrogen-bond acceptors (Lipinski definition) is 1. The molecule has 0 aliphatic heterocycles. The highest BCUT2D eigenvalue weighted by Gasteiger charge is 2.33. The largest absolute Gasteiger partial charge is 0.207 e. The van der Waals surface area contributed by atoms with E-state index >= 15 is 0 Å². The molecule has 1 nitrogen and oxygen atoms in total. The summed E-state index contributed by atoms with van der Waals surface area (Å²) in [7, 11) is 0. The van der Waals surface area contributed by atoms with E-state index in [1.807, 2.05) is 18.2 Å². The molecule has 0 atom stereocenters. The van der Waals surface area contributed by atoms with Crippen molar-refractivity contribution in [2.24, 2.45) is 0 Å². The van der Waals surface area contributed by atoms with Crippen molar-refractivity contribution in [3.63, 3.8) is 0 Å². The summed E-state index contributed by atoms with van der Waals surface area (Å²) in [6.07, 6.45) is 5.34. The maximum Gasteiger partial charge on any atom is 0.123 e. The molecule has 1 aliphatic rings. The third-order valence-electron chi connectivity index (χ3n) is 2.69. The highest BCUT2D eigenvalue weighted by molar-refractivity contribution is 5.37. The number of hydrogen-bond donors (Lipinski definition) is 0. The Morgan fingerprint density at radius 1 is 1.29 bits per heavy atom. The first-order valence-electron chi connectivity index (χ1n) is 4.59. The van der Waals surface area contributed by atoms with Crippen molar-refractivity contribution in [3.05, 3.63) is 47.8 Å². The first-order valence-corrected chi connectivity index (χ1v) is 4.59. The quantitative estimate of drug-likeness (QED) is 0.620. The maximum absolute atomic E-state index is 13.0. The van der Waals surface area contributed by atoms with Crippen LogP contribution >= 0.6 is 0 Å². The minimum Gasteiger partial charge on any atom is -0.207 e. The van der Waals surface area contributed by atoms with Gasteiger partial charge in [-0.2, -0.15) is 5.26 Å². The fourth-order valence-electron chi connectivity index (χ4n) is 1.83. The lowest BCUT2D eigenvalue weighted by Gasteiger charge is -2.20. The zero-order valence-electron chi connectivity index (χ0n) is 7.70. The summed E-state index contributed by atoms with van der Waals surface area (Å²) in [6, 6.07) is 8.62. The van der Waals surface area contributed by atoms with E-state index in [1.54, 1.807) is 6.07 Å². The number of nitrogens with zero attached hydrogens (tertiary/aromatic N) is 1. The van der Waals surface area contributed by atoms with E-state index in [0.717, 1.165) is 5.56 Å². The lowest BCUT2D eigenvalue weighted by Crippen LogP contribution is -2.19. The van der Waals surface area contributed by atoms with E-state index in [-0.39, 0.29) is 5.82 Å². The number of nitriles is 1. The molecular formula is C12H10FN. The second kappa shape index (κ2) is 3.26. The second-order valence-electron chi connectivity index (χ2n) is 3.58. The van der Waals surface area contributed by atoms with Gasteiger partial charge in [-0.15, -0.1) is 0 Å². The molecule has 0 amide bonds. The zero-order valence-corrected chi connectivity index (χ0v) is 7.70. The van der Waals surface area contributed by atoms with Crippen molar-refractivity contribution < 1.29 is 4.39 Å². The average Bonchev–Trinajstić information content (AvgIpc) is 2.67. The van der Waals surface area contributed by atoms with Crippen molar-refractivity contribution in [2.75, 3.05) is 0 Å². The fourth-order valence-corrected chi connectivity index (χ4v) is 1.83. The van der Waals surface area contributed by atoms with Crippen LogP contribution in [0.25, 0.3) is 0 Å². The normalized spacial score (nSPS) is 18.0. The summed E-state index contributed by atoms with van der Waals surface area (Å²) < 4.78 is 13.0. The summed E-state index contributed by atoms with van der Waals surface area (Å²) >= 11 is 0. The van der Waals surface area contributed by atoms with Crippen LogP contribution in [0.15, 0.2) is 36.4 Å². The molecule has 1 aromatic carbocycles. The molecule has 0 unspecified atom stereocenters. The molecule has 0 saturated carbocycles. The molecule has 2 heteroatoms. The van der Waals surface area contributed by atoms with Crippen LogP contribution in [0.4, 0.5) is 4.39 Å². The Hall–Kier alpha value is -1.62. The summed E-state index contributed by atoms with van der Waals surface area (Å²) in [4.78, 5) is 0. The fraction of sp³-hybridized carbons (Fsp3) is 0.250. The SMILES string of the molecule is N#CC1(c2cccc(F)c2)CC=CC1. The molecule has 0 heterocycles. The molecule has 0 bridgehead atoms. The first-order chi connectivity index (χ1) is 6.77. The van der Waals surface area contributed by atoms with Gasteiger partial charge in [0.25, 0.3) is 0 Å². The summed E-state index contributed by atoms with van der Waals surface area (Å²) in [5.74, 6) is -0.274. The summed E-state index contributed by atoms with van der Waals surface area (Å²) in [5.41, 5.74) is 0.257. The van der Waals surface area contributed by atoms with Crippen molar-refractivity contribution in [1.29, 1.82) is 5.26 Å². The van der Waals surface area contributed by atoms with Crippen molar-refractivity contribution in [2.45, 2.75) is 18.3 Å². The number of benzene rings is 1. The topological polar surface area (TPSA) is 23.8 Å². The molecule has 0 radical (unpaired) electrons. The predicted octanol–water partition coefficient (Wildman–Crippen LogP) is 2.94. The molecule has 0 aromatic heterocycles. The minimum absolute atomic E-state index is 0.274. The van der Waals surface area contributed by atoms with Crippen molar-refractivity contribution in [3.8, 4) is 6.07 Å². The Morgan fingerprint density at radius 2 is 2.00 bits per heavy atom. The van der Waals surface area contributed by atoms with Gasteiger partial charge < -0.3 is 0 Å². The van der Waals surface area contributed by atoms with Gasteiger partial charge >= 0.3 is 0 Å². The average molecular weight is 187 g/mol. The van der Waals surface area contributed by atoms with Crippen LogP contribution in [0.5, 0.6) is 0 Å². The van der Waals surface area contributed by atoms with Crippen LogP contribution < -0.4 is 0 Å². The zero-order chi connectivity index (χ0) is 10.0. The van der Waals surface area contributed by atoms with Crippen LogP contribution in [0.2, 0.25) is 0 Å². The third kappa shape index (κ3) is 1.31. The van der Waals surface area contributed by atoms with Gasteiger partial charge in [0.1, 0.15) is 5.82 Å². The van der Waals surface area contributed by atoms with Gasteiger partial charge in [0.15, 0.2) is 0 Å². The molecule has 1 aromatic rings. The van der Waals surface area contributed by atoms with E-state index in [2.05, 4.69) is 6.07 Å². The van der Waals surface area contributed by atoms with E-state index < -0.39 is 5.41 Å². The third-order valence-corrected chi connectivity index (χ3v) is 2.69. The smallest absolute Gasteiger partial charge is 0.123 e. The van der Waals surface area contributed by atoms with Crippen LogP contribution in [0, 0.1) is 17.1 Å². The van der Waals surface area contributed by atoms with E-state index in [4.69, 9.17) is 5.26 Å². The molecule has 0 fully saturated rings. The Labute approximate surface area is 82.5 Å². The Bertz CT molecular complexity index is 407. The van der Waals surface area contributed by atoms with Gasteiger partial charge in [-0.05, 0) is 30.5 Å². The van der Waals surface area contributed by atoms with Gasteiger partial charge in [0.2, 0.25) is 0 Å². The Balaban J connectivity index is 2.43. The van der Waals surface area contributed by atoms with Crippen LogP contribution in [0.3, 0.4) is 0 Å². The van der Waals surface area contributed by atoms with Gasteiger partial charge in [0, 0.05) is 0 Å². The number of rotatable bonds is 1. The second-order valence-corrected chi connectivity index (χ2v) is 3.58. The molecular weight excluding hydrogens is 177 g/mol. The van der Waals surface area contributed by atoms with Crippen LogP contribution in [-0.4, -0.2) is 0 Å². The van der Waals surface area contributed by atoms with E-state index in [0.29, 0.717) is 12.8 Å². The molecule has 70 valence electrons. The van der Waals surface area contributed by atoms with Gasteiger partial charge in [0.05, 0.1) is 11.5 Å². The number of halogens is 1. The highest BCUT2D eigenvalue weighted by atomic mass is 19.1. The first kappa shape index (κ1) is 8.96. The Morgan fingerprint density at radius 3 is 2.57 bits per heavy atom.